The van der Waals surface area contributed by atoms with Gasteiger partial charge in [-0.3, -0.25) is 4.79 Å². The van der Waals surface area contributed by atoms with Gasteiger partial charge >= 0.3 is 0 Å². The van der Waals surface area contributed by atoms with Gasteiger partial charge in [-0.05, 0) is 26.0 Å². The van der Waals surface area contributed by atoms with Crippen LogP contribution < -0.4 is 10.6 Å². The van der Waals surface area contributed by atoms with E-state index in [0.29, 0.717) is 17.9 Å². The zero-order valence-electron chi connectivity index (χ0n) is 8.79. The Morgan fingerprint density at radius 3 is 2.87 bits per heavy atom. The van der Waals surface area contributed by atoms with E-state index < -0.39 is 5.41 Å². The predicted octanol–water partition coefficient (Wildman–Crippen LogP) is 1.78. The lowest BCUT2D eigenvalue weighted by Gasteiger charge is -2.19. The number of rotatable bonds is 0. The van der Waals surface area contributed by atoms with Crippen molar-refractivity contribution in [2.75, 3.05) is 17.2 Å². The zero-order valence-corrected chi connectivity index (χ0v) is 8.79. The Morgan fingerprint density at radius 1 is 1.40 bits per heavy atom. The van der Waals surface area contributed by atoms with Crippen molar-refractivity contribution in [2.45, 2.75) is 13.8 Å². The van der Waals surface area contributed by atoms with E-state index in [1.165, 1.54) is 0 Å². The number of para-hydroxylation sites is 1. The number of anilines is 2. The van der Waals surface area contributed by atoms with Crippen molar-refractivity contribution in [1.29, 1.82) is 0 Å². The molecule has 0 unspecified atom stereocenters. The minimum absolute atomic E-state index is 0.0423. The Labute approximate surface area is 88.3 Å². The van der Waals surface area contributed by atoms with E-state index in [4.69, 9.17) is 0 Å². The van der Waals surface area contributed by atoms with E-state index in [2.05, 4.69) is 10.6 Å². The van der Waals surface area contributed by atoms with Crippen molar-refractivity contribution in [2.24, 2.45) is 5.41 Å². The van der Waals surface area contributed by atoms with Crippen LogP contribution in [0.4, 0.5) is 11.4 Å². The third-order valence-corrected chi connectivity index (χ3v) is 2.61. The van der Waals surface area contributed by atoms with Gasteiger partial charge in [0.2, 0.25) is 5.91 Å². The second-order valence-electron chi connectivity index (χ2n) is 4.39. The highest BCUT2D eigenvalue weighted by Crippen LogP contribution is 2.35. The molecule has 15 heavy (non-hydrogen) atoms. The number of fused-ring (bicyclic) bond motifs is 1. The summed E-state index contributed by atoms with van der Waals surface area (Å²) in [5.74, 6) is 0.116. The summed E-state index contributed by atoms with van der Waals surface area (Å²) in [6, 6.07) is 5.06. The molecule has 1 aromatic rings. The van der Waals surface area contributed by atoms with E-state index >= 15 is 0 Å². The van der Waals surface area contributed by atoms with Gasteiger partial charge in [0, 0.05) is 6.54 Å². The molecule has 2 rings (SSSR count). The minimum Gasteiger partial charge on any atom is -0.506 e. The Hall–Kier alpha value is -1.71. The predicted molar refractivity (Wildman–Crippen MR) is 59.0 cm³/mol. The van der Waals surface area contributed by atoms with Gasteiger partial charge in [0.1, 0.15) is 11.4 Å². The molecule has 0 radical (unpaired) electrons. The number of hydrogen-bond acceptors (Lipinski definition) is 3. The molecule has 0 saturated carbocycles. The second-order valence-corrected chi connectivity index (χ2v) is 4.39. The lowest BCUT2D eigenvalue weighted by molar-refractivity contribution is -0.123. The zero-order chi connectivity index (χ0) is 11.1. The topological polar surface area (TPSA) is 61.4 Å². The third kappa shape index (κ3) is 1.63. The maximum Gasteiger partial charge on any atom is 0.231 e. The molecule has 1 amide bonds. The van der Waals surface area contributed by atoms with Crippen LogP contribution in [0.25, 0.3) is 0 Å². The average molecular weight is 206 g/mol. The molecule has 4 nitrogen and oxygen atoms in total. The average Bonchev–Trinajstić information content (AvgIpc) is 2.26. The Bertz CT molecular complexity index is 413. The first-order chi connectivity index (χ1) is 7.00. The highest BCUT2D eigenvalue weighted by atomic mass is 16.3. The van der Waals surface area contributed by atoms with Gasteiger partial charge < -0.3 is 15.7 Å². The van der Waals surface area contributed by atoms with E-state index in [0.717, 1.165) is 0 Å². The van der Waals surface area contributed by atoms with Crippen LogP contribution in [-0.4, -0.2) is 17.6 Å². The highest BCUT2D eigenvalue weighted by Gasteiger charge is 2.31. The number of aromatic hydroxyl groups is 1. The first kappa shape index (κ1) is 9.83. The van der Waals surface area contributed by atoms with Gasteiger partial charge in [-0.25, -0.2) is 0 Å². The van der Waals surface area contributed by atoms with E-state index in [1.807, 2.05) is 13.8 Å². The maximum atomic E-state index is 11.8. The van der Waals surface area contributed by atoms with E-state index in [1.54, 1.807) is 18.2 Å². The minimum atomic E-state index is -0.481. The van der Waals surface area contributed by atoms with Gasteiger partial charge in [0.25, 0.3) is 0 Å². The van der Waals surface area contributed by atoms with Crippen molar-refractivity contribution >= 4 is 17.3 Å². The van der Waals surface area contributed by atoms with Crippen molar-refractivity contribution in [3.8, 4) is 5.75 Å². The number of carbonyl (C=O) groups is 1. The molecule has 0 aromatic heterocycles. The van der Waals surface area contributed by atoms with E-state index in [-0.39, 0.29) is 11.7 Å². The summed E-state index contributed by atoms with van der Waals surface area (Å²) >= 11 is 0. The summed E-state index contributed by atoms with van der Waals surface area (Å²) in [7, 11) is 0. The maximum absolute atomic E-state index is 11.8. The van der Waals surface area contributed by atoms with Crippen LogP contribution in [0.1, 0.15) is 13.8 Å². The molecule has 0 atom stereocenters. The van der Waals surface area contributed by atoms with Crippen molar-refractivity contribution in [1.82, 2.24) is 0 Å². The van der Waals surface area contributed by atoms with Gasteiger partial charge in [0.05, 0.1) is 11.1 Å². The summed E-state index contributed by atoms with van der Waals surface area (Å²) < 4.78 is 0. The van der Waals surface area contributed by atoms with Crippen LogP contribution in [0, 0.1) is 5.41 Å². The Kier molecular flexibility index (Phi) is 2.07. The first-order valence-corrected chi connectivity index (χ1v) is 4.88. The molecule has 1 heterocycles. The molecule has 0 spiro atoms. The molecule has 0 fully saturated rings. The number of hydrogen-bond donors (Lipinski definition) is 3. The fourth-order valence-corrected chi connectivity index (χ4v) is 1.51. The molecule has 80 valence electrons. The molecule has 4 heteroatoms. The molecule has 1 aromatic carbocycles. The fourth-order valence-electron chi connectivity index (χ4n) is 1.51. The summed E-state index contributed by atoms with van der Waals surface area (Å²) in [4.78, 5) is 11.8. The molecular formula is C11H14N2O2. The van der Waals surface area contributed by atoms with Crippen molar-refractivity contribution < 1.29 is 9.90 Å². The van der Waals surface area contributed by atoms with Crippen LogP contribution in [0.15, 0.2) is 18.2 Å². The van der Waals surface area contributed by atoms with E-state index in [9.17, 15) is 9.90 Å². The summed E-state index contributed by atoms with van der Waals surface area (Å²) in [6.45, 7) is 4.22. The number of phenolic OH excluding ortho intramolecular Hbond substituents is 1. The first-order valence-electron chi connectivity index (χ1n) is 4.88. The number of carbonyl (C=O) groups excluding carboxylic acids is 1. The second kappa shape index (κ2) is 3.15. The van der Waals surface area contributed by atoms with Crippen LogP contribution in [0.2, 0.25) is 0 Å². The van der Waals surface area contributed by atoms with Gasteiger partial charge in [0.15, 0.2) is 0 Å². The number of benzene rings is 1. The molecule has 3 N–H and O–H groups in total. The Balaban J connectivity index is 2.44. The molecule has 0 bridgehead atoms. The largest absolute Gasteiger partial charge is 0.506 e. The van der Waals surface area contributed by atoms with Gasteiger partial charge in [-0.1, -0.05) is 6.07 Å². The lowest BCUT2D eigenvalue weighted by Crippen LogP contribution is -2.34. The van der Waals surface area contributed by atoms with Crippen LogP contribution >= 0.6 is 0 Å². The monoisotopic (exact) mass is 206 g/mol. The number of phenols is 1. The summed E-state index contributed by atoms with van der Waals surface area (Å²) in [5, 5.41) is 15.5. The normalized spacial score (nSPS) is 18.4. The quantitative estimate of drug-likeness (QED) is 0.567. The molecular weight excluding hydrogens is 192 g/mol. The molecule has 0 aliphatic carbocycles. The molecule has 1 aliphatic rings. The van der Waals surface area contributed by atoms with Crippen LogP contribution in [0.5, 0.6) is 5.75 Å². The summed E-state index contributed by atoms with van der Waals surface area (Å²) in [6.07, 6.45) is 0. The number of nitrogens with one attached hydrogen (secondary N) is 2. The molecule has 0 saturated heterocycles. The molecule has 1 aliphatic heterocycles. The Morgan fingerprint density at radius 2 is 2.13 bits per heavy atom. The fraction of sp³-hybridized carbons (Fsp3) is 0.364. The third-order valence-electron chi connectivity index (χ3n) is 2.61. The van der Waals surface area contributed by atoms with Crippen molar-refractivity contribution in [3.63, 3.8) is 0 Å². The number of amides is 1. The van der Waals surface area contributed by atoms with Crippen LogP contribution in [0.3, 0.4) is 0 Å². The van der Waals surface area contributed by atoms with Crippen LogP contribution in [-0.2, 0) is 4.79 Å². The highest BCUT2D eigenvalue weighted by molar-refractivity contribution is 6.00. The SMILES string of the molecule is CC1(C)CNc2c(O)cccc2NC1=O. The van der Waals surface area contributed by atoms with Crippen molar-refractivity contribution in [3.05, 3.63) is 18.2 Å². The standard InChI is InChI=1S/C11H14N2O2/c1-11(2)6-12-9-7(13-10(11)15)4-3-5-8(9)14/h3-5,12,14H,6H2,1-2H3,(H,13,15). The smallest absolute Gasteiger partial charge is 0.231 e. The van der Waals surface area contributed by atoms with Gasteiger partial charge in [-0.15, -0.1) is 0 Å². The lowest BCUT2D eigenvalue weighted by atomic mass is 9.93. The van der Waals surface area contributed by atoms with Gasteiger partial charge in [-0.2, -0.15) is 0 Å². The summed E-state index contributed by atoms with van der Waals surface area (Å²) in [5.41, 5.74) is 0.743.